The second-order valence-electron chi connectivity index (χ2n) is 7.48. The van der Waals surface area contributed by atoms with Gasteiger partial charge >= 0.3 is 0 Å². The Morgan fingerprint density at radius 2 is 1.40 bits per heavy atom. The van der Waals surface area contributed by atoms with Crippen LogP contribution in [0.25, 0.3) is 11.1 Å². The SMILES string of the molecule is O=C(Nc1ccccc1Br)C1CCN(C(=O)c2ccc(-c3ccccc3)cc2)CC1. The summed E-state index contributed by atoms with van der Waals surface area (Å²) in [7, 11) is 0. The molecule has 1 fully saturated rings. The molecule has 1 aliphatic heterocycles. The highest BCUT2D eigenvalue weighted by atomic mass is 79.9. The molecule has 0 radical (unpaired) electrons. The normalized spacial score (nSPS) is 14.4. The molecule has 4 rings (SSSR count). The van der Waals surface area contributed by atoms with E-state index in [1.807, 2.05) is 71.6 Å². The number of anilines is 1. The number of rotatable bonds is 4. The summed E-state index contributed by atoms with van der Waals surface area (Å²) in [5.74, 6) is -0.0397. The summed E-state index contributed by atoms with van der Waals surface area (Å²) in [5.41, 5.74) is 3.69. The molecule has 1 heterocycles. The average molecular weight is 463 g/mol. The van der Waals surface area contributed by atoms with Gasteiger partial charge in [-0.1, -0.05) is 54.6 Å². The molecule has 0 aromatic heterocycles. The molecule has 2 amide bonds. The molecule has 3 aromatic rings. The van der Waals surface area contributed by atoms with Crippen LogP contribution in [0.2, 0.25) is 0 Å². The molecule has 1 N–H and O–H groups in total. The highest BCUT2D eigenvalue weighted by molar-refractivity contribution is 9.10. The maximum absolute atomic E-state index is 12.9. The number of hydrogen-bond acceptors (Lipinski definition) is 2. The van der Waals surface area contributed by atoms with Crippen LogP contribution in [-0.2, 0) is 4.79 Å². The number of para-hydroxylation sites is 1. The van der Waals surface area contributed by atoms with Crippen molar-refractivity contribution >= 4 is 33.4 Å². The second-order valence-corrected chi connectivity index (χ2v) is 8.33. The van der Waals surface area contributed by atoms with E-state index in [0.717, 1.165) is 21.3 Å². The van der Waals surface area contributed by atoms with Crippen molar-refractivity contribution in [2.24, 2.45) is 5.92 Å². The minimum absolute atomic E-state index is 0.0150. The van der Waals surface area contributed by atoms with Crippen LogP contribution in [0.3, 0.4) is 0 Å². The standard InChI is InChI=1S/C25H23BrN2O2/c26-22-8-4-5-9-23(22)27-24(29)20-14-16-28(17-15-20)25(30)21-12-10-19(11-13-21)18-6-2-1-3-7-18/h1-13,20H,14-17H2,(H,27,29). The Labute approximate surface area is 185 Å². The van der Waals surface area contributed by atoms with Gasteiger partial charge < -0.3 is 10.2 Å². The average Bonchev–Trinajstić information content (AvgIpc) is 2.81. The van der Waals surface area contributed by atoms with E-state index in [4.69, 9.17) is 0 Å². The zero-order chi connectivity index (χ0) is 20.9. The molecule has 30 heavy (non-hydrogen) atoms. The fourth-order valence-corrected chi connectivity index (χ4v) is 4.14. The fourth-order valence-electron chi connectivity index (χ4n) is 3.76. The number of benzene rings is 3. The lowest BCUT2D eigenvalue weighted by atomic mass is 9.95. The van der Waals surface area contributed by atoms with Gasteiger partial charge in [0, 0.05) is 29.0 Å². The maximum Gasteiger partial charge on any atom is 0.253 e. The molecule has 0 spiro atoms. The van der Waals surface area contributed by atoms with Crippen LogP contribution in [0.1, 0.15) is 23.2 Å². The first-order valence-electron chi connectivity index (χ1n) is 10.1. The number of hydrogen-bond donors (Lipinski definition) is 1. The fraction of sp³-hybridized carbons (Fsp3) is 0.200. The summed E-state index contributed by atoms with van der Waals surface area (Å²) in [6.07, 6.45) is 1.34. The smallest absolute Gasteiger partial charge is 0.253 e. The van der Waals surface area contributed by atoms with Gasteiger partial charge in [0.15, 0.2) is 0 Å². The Bertz CT molecular complexity index is 1030. The summed E-state index contributed by atoms with van der Waals surface area (Å²) in [6.45, 7) is 1.18. The summed E-state index contributed by atoms with van der Waals surface area (Å²) in [4.78, 5) is 27.3. The van der Waals surface area contributed by atoms with Crippen molar-refractivity contribution in [2.45, 2.75) is 12.8 Å². The van der Waals surface area contributed by atoms with E-state index in [0.29, 0.717) is 31.5 Å². The summed E-state index contributed by atoms with van der Waals surface area (Å²) in [5, 5.41) is 2.99. The molecule has 152 valence electrons. The van der Waals surface area contributed by atoms with Gasteiger partial charge in [-0.15, -0.1) is 0 Å². The van der Waals surface area contributed by atoms with Crippen molar-refractivity contribution in [3.63, 3.8) is 0 Å². The van der Waals surface area contributed by atoms with Crippen molar-refractivity contribution in [3.8, 4) is 11.1 Å². The first-order valence-corrected chi connectivity index (χ1v) is 10.9. The molecule has 4 nitrogen and oxygen atoms in total. The summed E-state index contributed by atoms with van der Waals surface area (Å²) in [6, 6.07) is 25.4. The zero-order valence-electron chi connectivity index (χ0n) is 16.6. The van der Waals surface area contributed by atoms with Crippen molar-refractivity contribution in [3.05, 3.63) is 88.9 Å². The molecule has 1 aliphatic rings. The molecule has 1 saturated heterocycles. The van der Waals surface area contributed by atoms with E-state index < -0.39 is 0 Å². The summed E-state index contributed by atoms with van der Waals surface area (Å²) < 4.78 is 0.866. The molecule has 5 heteroatoms. The van der Waals surface area contributed by atoms with Gasteiger partial charge in [0.1, 0.15) is 0 Å². The third kappa shape index (κ3) is 4.62. The van der Waals surface area contributed by atoms with Crippen molar-refractivity contribution in [2.75, 3.05) is 18.4 Å². The quantitative estimate of drug-likeness (QED) is 0.547. The number of halogens is 1. The van der Waals surface area contributed by atoms with Crippen LogP contribution in [0.4, 0.5) is 5.69 Å². The molecule has 0 bridgehead atoms. The van der Waals surface area contributed by atoms with E-state index in [2.05, 4.69) is 33.4 Å². The lowest BCUT2D eigenvalue weighted by molar-refractivity contribution is -0.121. The van der Waals surface area contributed by atoms with Crippen LogP contribution in [0.5, 0.6) is 0 Å². The first-order chi connectivity index (χ1) is 14.6. The lowest BCUT2D eigenvalue weighted by Crippen LogP contribution is -2.41. The molecular weight excluding hydrogens is 440 g/mol. The van der Waals surface area contributed by atoms with E-state index in [-0.39, 0.29) is 17.7 Å². The van der Waals surface area contributed by atoms with Gasteiger partial charge in [-0.3, -0.25) is 9.59 Å². The number of piperidine rings is 1. The molecule has 0 aliphatic carbocycles. The van der Waals surface area contributed by atoms with Crippen molar-refractivity contribution in [1.82, 2.24) is 4.90 Å². The van der Waals surface area contributed by atoms with Crippen LogP contribution in [0.15, 0.2) is 83.3 Å². The van der Waals surface area contributed by atoms with E-state index in [1.165, 1.54) is 0 Å². The van der Waals surface area contributed by atoms with Crippen LogP contribution in [0, 0.1) is 5.92 Å². The Kier molecular flexibility index (Phi) is 6.29. The third-order valence-corrected chi connectivity index (χ3v) is 6.22. The Hall–Kier alpha value is -2.92. The predicted molar refractivity (Wildman–Crippen MR) is 123 cm³/mol. The number of carbonyl (C=O) groups is 2. The van der Waals surface area contributed by atoms with Gasteiger partial charge in [0.25, 0.3) is 5.91 Å². The first kappa shape index (κ1) is 20.4. The Morgan fingerprint density at radius 3 is 2.07 bits per heavy atom. The van der Waals surface area contributed by atoms with Gasteiger partial charge in [-0.05, 0) is 64.2 Å². The number of likely N-dealkylation sites (tertiary alicyclic amines) is 1. The number of amides is 2. The number of nitrogens with zero attached hydrogens (tertiary/aromatic N) is 1. The van der Waals surface area contributed by atoms with Crippen molar-refractivity contribution < 1.29 is 9.59 Å². The third-order valence-electron chi connectivity index (χ3n) is 5.52. The molecule has 0 unspecified atom stereocenters. The number of carbonyl (C=O) groups excluding carboxylic acids is 2. The largest absolute Gasteiger partial charge is 0.339 e. The van der Waals surface area contributed by atoms with Crippen LogP contribution < -0.4 is 5.32 Å². The lowest BCUT2D eigenvalue weighted by Gasteiger charge is -2.31. The number of nitrogens with one attached hydrogen (secondary N) is 1. The zero-order valence-corrected chi connectivity index (χ0v) is 18.1. The van der Waals surface area contributed by atoms with Crippen LogP contribution in [-0.4, -0.2) is 29.8 Å². The minimum Gasteiger partial charge on any atom is -0.339 e. The van der Waals surface area contributed by atoms with Gasteiger partial charge in [-0.25, -0.2) is 0 Å². The van der Waals surface area contributed by atoms with Crippen LogP contribution >= 0.6 is 15.9 Å². The van der Waals surface area contributed by atoms with E-state index in [9.17, 15) is 9.59 Å². The molecule has 0 atom stereocenters. The summed E-state index contributed by atoms with van der Waals surface area (Å²) >= 11 is 3.46. The minimum atomic E-state index is -0.0818. The highest BCUT2D eigenvalue weighted by Crippen LogP contribution is 2.25. The van der Waals surface area contributed by atoms with E-state index >= 15 is 0 Å². The van der Waals surface area contributed by atoms with Crippen molar-refractivity contribution in [1.29, 1.82) is 0 Å². The Balaban J connectivity index is 1.34. The Morgan fingerprint density at radius 1 is 0.800 bits per heavy atom. The predicted octanol–water partition coefficient (Wildman–Crippen LogP) is 5.61. The van der Waals surface area contributed by atoms with E-state index in [1.54, 1.807) is 0 Å². The second kappa shape index (κ2) is 9.26. The monoisotopic (exact) mass is 462 g/mol. The molecule has 0 saturated carbocycles. The highest BCUT2D eigenvalue weighted by Gasteiger charge is 2.28. The van der Waals surface area contributed by atoms with Gasteiger partial charge in [-0.2, -0.15) is 0 Å². The van der Waals surface area contributed by atoms with Gasteiger partial charge in [0.2, 0.25) is 5.91 Å². The molecule has 3 aromatic carbocycles. The maximum atomic E-state index is 12.9. The topological polar surface area (TPSA) is 49.4 Å². The molecular formula is C25H23BrN2O2. The van der Waals surface area contributed by atoms with Gasteiger partial charge in [0.05, 0.1) is 5.69 Å².